The summed E-state index contributed by atoms with van der Waals surface area (Å²) in [5, 5.41) is 9.26. The molecular weight excluding hydrogens is 264 g/mol. The molecule has 1 atom stereocenters. The summed E-state index contributed by atoms with van der Waals surface area (Å²) in [5.74, 6) is 0.141. The maximum atomic E-state index is 12.1. The molecule has 0 aromatic heterocycles. The number of hydrogen-bond donors (Lipinski definition) is 1. The molecule has 1 aliphatic rings. The number of fused-ring (bicyclic) bond motifs is 1. The summed E-state index contributed by atoms with van der Waals surface area (Å²) in [6.45, 7) is 0. The lowest BCUT2D eigenvalue weighted by Crippen LogP contribution is -2.21. The van der Waals surface area contributed by atoms with Gasteiger partial charge in [0, 0.05) is 6.42 Å². The zero-order valence-corrected chi connectivity index (χ0v) is 10.8. The number of rotatable bonds is 1. The molecule has 0 aliphatic carbocycles. The second-order valence-electron chi connectivity index (χ2n) is 4.44. The predicted octanol–water partition coefficient (Wildman–Crippen LogP) is 2.39. The summed E-state index contributed by atoms with van der Waals surface area (Å²) in [6, 6.07) is 13.2. The first-order chi connectivity index (χ1) is 9.06. The SMILES string of the molecule is O=S1(=O)OC(c2ccc(O)cc2)Cc2ccccc21. The van der Waals surface area contributed by atoms with Gasteiger partial charge >= 0.3 is 0 Å². The topological polar surface area (TPSA) is 63.6 Å². The van der Waals surface area contributed by atoms with Crippen LogP contribution in [0.1, 0.15) is 17.2 Å². The van der Waals surface area contributed by atoms with Crippen LogP contribution in [0.3, 0.4) is 0 Å². The van der Waals surface area contributed by atoms with Crippen molar-refractivity contribution >= 4 is 10.1 Å². The Labute approximate surface area is 111 Å². The third-order valence-electron chi connectivity index (χ3n) is 3.15. The molecular formula is C14H12O4S. The third kappa shape index (κ3) is 2.22. The molecule has 2 aromatic carbocycles. The fourth-order valence-corrected chi connectivity index (χ4v) is 3.52. The fraction of sp³-hybridized carbons (Fsp3) is 0.143. The molecule has 0 saturated carbocycles. The minimum absolute atomic E-state index is 0.141. The van der Waals surface area contributed by atoms with E-state index in [0.717, 1.165) is 11.1 Å². The molecule has 4 nitrogen and oxygen atoms in total. The van der Waals surface area contributed by atoms with E-state index in [2.05, 4.69) is 0 Å². The van der Waals surface area contributed by atoms with Crippen molar-refractivity contribution in [2.75, 3.05) is 0 Å². The van der Waals surface area contributed by atoms with Gasteiger partial charge in [-0.15, -0.1) is 0 Å². The lowest BCUT2D eigenvalue weighted by molar-refractivity contribution is 0.202. The minimum atomic E-state index is -3.71. The van der Waals surface area contributed by atoms with E-state index in [-0.39, 0.29) is 10.6 Å². The molecule has 1 N–H and O–H groups in total. The van der Waals surface area contributed by atoms with E-state index in [1.165, 1.54) is 12.1 Å². The first-order valence-electron chi connectivity index (χ1n) is 5.86. The van der Waals surface area contributed by atoms with Crippen LogP contribution >= 0.6 is 0 Å². The van der Waals surface area contributed by atoms with Crippen molar-refractivity contribution in [1.29, 1.82) is 0 Å². The van der Waals surface area contributed by atoms with Crippen molar-refractivity contribution < 1.29 is 17.7 Å². The highest BCUT2D eigenvalue weighted by Gasteiger charge is 2.31. The van der Waals surface area contributed by atoms with Crippen molar-refractivity contribution in [3.8, 4) is 5.75 Å². The minimum Gasteiger partial charge on any atom is -0.508 e. The van der Waals surface area contributed by atoms with Gasteiger partial charge in [0.15, 0.2) is 0 Å². The summed E-state index contributed by atoms with van der Waals surface area (Å²) in [5.41, 5.74) is 1.49. The van der Waals surface area contributed by atoms with Gasteiger partial charge in [-0.05, 0) is 29.3 Å². The van der Waals surface area contributed by atoms with E-state index in [1.807, 2.05) is 6.07 Å². The number of aromatic hydroxyl groups is 1. The van der Waals surface area contributed by atoms with E-state index in [1.54, 1.807) is 30.3 Å². The molecule has 0 spiro atoms. The number of phenols is 1. The van der Waals surface area contributed by atoms with Crippen molar-refractivity contribution in [2.24, 2.45) is 0 Å². The average molecular weight is 276 g/mol. The van der Waals surface area contributed by atoms with Gasteiger partial charge < -0.3 is 5.11 Å². The van der Waals surface area contributed by atoms with E-state index >= 15 is 0 Å². The van der Waals surface area contributed by atoms with Crippen LogP contribution in [0.5, 0.6) is 5.75 Å². The van der Waals surface area contributed by atoms with Crippen LogP contribution in [-0.4, -0.2) is 13.5 Å². The largest absolute Gasteiger partial charge is 0.508 e. The summed E-state index contributed by atoms with van der Waals surface area (Å²) < 4.78 is 29.3. The highest BCUT2D eigenvalue weighted by atomic mass is 32.2. The van der Waals surface area contributed by atoms with Gasteiger partial charge in [0.05, 0.1) is 4.90 Å². The Morgan fingerprint density at radius 2 is 1.74 bits per heavy atom. The van der Waals surface area contributed by atoms with Gasteiger partial charge in [-0.25, -0.2) is 0 Å². The molecule has 19 heavy (non-hydrogen) atoms. The molecule has 0 radical (unpaired) electrons. The number of phenolic OH excluding ortho intramolecular Hbond substituents is 1. The van der Waals surface area contributed by atoms with E-state index in [4.69, 9.17) is 4.18 Å². The molecule has 0 saturated heterocycles. The van der Waals surface area contributed by atoms with E-state index < -0.39 is 16.2 Å². The van der Waals surface area contributed by atoms with Crippen LogP contribution in [0, 0.1) is 0 Å². The van der Waals surface area contributed by atoms with Crippen molar-refractivity contribution in [3.63, 3.8) is 0 Å². The summed E-state index contributed by atoms with van der Waals surface area (Å²) in [7, 11) is -3.71. The monoisotopic (exact) mass is 276 g/mol. The molecule has 5 heteroatoms. The van der Waals surface area contributed by atoms with E-state index in [0.29, 0.717) is 6.42 Å². The van der Waals surface area contributed by atoms with Crippen molar-refractivity contribution in [2.45, 2.75) is 17.4 Å². The molecule has 3 rings (SSSR count). The number of benzene rings is 2. The second-order valence-corrected chi connectivity index (χ2v) is 5.98. The van der Waals surface area contributed by atoms with E-state index in [9.17, 15) is 13.5 Å². The lowest BCUT2D eigenvalue weighted by atomic mass is 10.0. The predicted molar refractivity (Wildman–Crippen MR) is 69.3 cm³/mol. The zero-order chi connectivity index (χ0) is 13.5. The van der Waals surface area contributed by atoms with Crippen LogP contribution in [0.2, 0.25) is 0 Å². The zero-order valence-electron chi connectivity index (χ0n) is 9.98. The van der Waals surface area contributed by atoms with Crippen molar-refractivity contribution in [1.82, 2.24) is 0 Å². The Balaban J connectivity index is 2.03. The van der Waals surface area contributed by atoms with Crippen LogP contribution in [0.4, 0.5) is 0 Å². The number of hydrogen-bond acceptors (Lipinski definition) is 4. The Morgan fingerprint density at radius 1 is 1.05 bits per heavy atom. The molecule has 0 amide bonds. The Hall–Kier alpha value is -1.85. The lowest BCUT2D eigenvalue weighted by Gasteiger charge is -2.24. The molecule has 1 unspecified atom stereocenters. The van der Waals surface area contributed by atoms with Gasteiger partial charge in [-0.2, -0.15) is 8.42 Å². The first-order valence-corrected chi connectivity index (χ1v) is 7.27. The fourth-order valence-electron chi connectivity index (χ4n) is 2.22. The quantitative estimate of drug-likeness (QED) is 0.812. The standard InChI is InChI=1S/C14H12O4S/c15-12-7-5-10(6-8-12)13-9-11-3-1-2-4-14(11)19(16,17)18-13/h1-8,13,15H,9H2. The molecule has 0 fully saturated rings. The van der Waals surface area contributed by atoms with Crippen LogP contribution in [0.15, 0.2) is 53.4 Å². The van der Waals surface area contributed by atoms with Crippen LogP contribution in [-0.2, 0) is 20.7 Å². The highest BCUT2D eigenvalue weighted by Crippen LogP contribution is 2.35. The molecule has 0 bridgehead atoms. The molecule has 1 heterocycles. The Bertz CT molecular complexity index is 704. The van der Waals surface area contributed by atoms with Crippen molar-refractivity contribution in [3.05, 3.63) is 59.7 Å². The van der Waals surface area contributed by atoms with Gasteiger partial charge in [-0.1, -0.05) is 30.3 Å². The maximum Gasteiger partial charge on any atom is 0.297 e. The first kappa shape index (κ1) is 12.2. The van der Waals surface area contributed by atoms with Gasteiger partial charge in [-0.3, -0.25) is 4.18 Å². The van der Waals surface area contributed by atoms with Crippen LogP contribution in [0.25, 0.3) is 0 Å². The van der Waals surface area contributed by atoms with Gasteiger partial charge in [0.2, 0.25) is 0 Å². The van der Waals surface area contributed by atoms with Crippen LogP contribution < -0.4 is 0 Å². The Kier molecular flexibility index (Phi) is 2.80. The third-order valence-corrected chi connectivity index (χ3v) is 4.58. The van der Waals surface area contributed by atoms with Gasteiger partial charge in [0.1, 0.15) is 11.9 Å². The highest BCUT2D eigenvalue weighted by molar-refractivity contribution is 7.86. The van der Waals surface area contributed by atoms with Gasteiger partial charge in [0.25, 0.3) is 10.1 Å². The normalized spacial score (nSPS) is 20.7. The average Bonchev–Trinajstić information content (AvgIpc) is 2.39. The Morgan fingerprint density at radius 3 is 2.47 bits per heavy atom. The molecule has 2 aromatic rings. The molecule has 98 valence electrons. The smallest absolute Gasteiger partial charge is 0.297 e. The second kappa shape index (κ2) is 4.36. The summed E-state index contributed by atoms with van der Waals surface area (Å²) in [6.07, 6.45) is -0.0410. The summed E-state index contributed by atoms with van der Waals surface area (Å²) in [4.78, 5) is 0.241. The maximum absolute atomic E-state index is 12.1. The molecule has 1 aliphatic heterocycles. The summed E-state index contributed by atoms with van der Waals surface area (Å²) >= 11 is 0.